The lowest BCUT2D eigenvalue weighted by atomic mass is 9.89. The van der Waals surface area contributed by atoms with Gasteiger partial charge in [-0.25, -0.2) is 0 Å². The average molecular weight is 280 g/mol. The number of carbonyl (C=O) groups excluding carboxylic acids is 2. The van der Waals surface area contributed by atoms with Gasteiger partial charge in [-0.05, 0) is 44.2 Å². The Bertz CT molecular complexity index is 344. The van der Waals surface area contributed by atoms with Crippen LogP contribution in [-0.2, 0) is 9.59 Å². The van der Waals surface area contributed by atoms with Crippen LogP contribution in [0.3, 0.4) is 0 Å². The van der Waals surface area contributed by atoms with Crippen LogP contribution in [0.2, 0.25) is 0 Å². The molecule has 2 fully saturated rings. The molecule has 0 spiro atoms. The number of hydrogen-bond acceptors (Lipinski definition) is 3. The lowest BCUT2D eigenvalue weighted by Gasteiger charge is -2.29. The van der Waals surface area contributed by atoms with Gasteiger partial charge in [-0.1, -0.05) is 13.8 Å². The largest absolute Gasteiger partial charge is 0.341 e. The van der Waals surface area contributed by atoms with Crippen molar-refractivity contribution in [3.05, 3.63) is 0 Å². The van der Waals surface area contributed by atoms with Crippen molar-refractivity contribution in [1.29, 1.82) is 0 Å². The molecule has 1 atom stereocenters. The second-order valence-corrected chi connectivity index (χ2v) is 6.63. The van der Waals surface area contributed by atoms with E-state index in [0.717, 1.165) is 24.9 Å². The Balaban J connectivity index is 1.78. The SMILES string of the molecule is CC(C)C1CCCN(CC(=O)N2CCC(=O)CC2)CC1. The van der Waals surface area contributed by atoms with E-state index in [9.17, 15) is 9.59 Å². The second-order valence-electron chi connectivity index (χ2n) is 6.63. The molecule has 2 aliphatic heterocycles. The third-order valence-corrected chi connectivity index (χ3v) is 4.84. The molecule has 0 aromatic heterocycles. The zero-order valence-corrected chi connectivity index (χ0v) is 12.9. The molecule has 20 heavy (non-hydrogen) atoms. The van der Waals surface area contributed by atoms with Crippen LogP contribution in [0.15, 0.2) is 0 Å². The molecular formula is C16H28N2O2. The summed E-state index contributed by atoms with van der Waals surface area (Å²) in [6, 6.07) is 0. The molecule has 0 aromatic carbocycles. The van der Waals surface area contributed by atoms with E-state index < -0.39 is 0 Å². The van der Waals surface area contributed by atoms with Gasteiger partial charge in [0.15, 0.2) is 0 Å². The van der Waals surface area contributed by atoms with Crippen LogP contribution >= 0.6 is 0 Å². The summed E-state index contributed by atoms with van der Waals surface area (Å²) in [4.78, 5) is 27.7. The first kappa shape index (κ1) is 15.5. The minimum atomic E-state index is 0.209. The van der Waals surface area contributed by atoms with E-state index in [1.807, 2.05) is 4.90 Å². The predicted octanol–water partition coefficient (Wildman–Crippen LogP) is 1.94. The number of hydrogen-bond donors (Lipinski definition) is 0. The highest BCUT2D eigenvalue weighted by molar-refractivity contribution is 5.84. The summed E-state index contributed by atoms with van der Waals surface area (Å²) in [6.45, 7) is 8.48. The van der Waals surface area contributed by atoms with E-state index in [1.165, 1.54) is 19.3 Å². The summed E-state index contributed by atoms with van der Waals surface area (Å²) in [5, 5.41) is 0. The quantitative estimate of drug-likeness (QED) is 0.793. The van der Waals surface area contributed by atoms with Gasteiger partial charge in [0.05, 0.1) is 6.54 Å². The van der Waals surface area contributed by atoms with Gasteiger partial charge in [0.25, 0.3) is 0 Å². The van der Waals surface area contributed by atoms with Gasteiger partial charge >= 0.3 is 0 Å². The highest BCUT2D eigenvalue weighted by atomic mass is 16.2. The predicted molar refractivity (Wildman–Crippen MR) is 79.4 cm³/mol. The van der Waals surface area contributed by atoms with E-state index in [4.69, 9.17) is 0 Å². The molecule has 2 aliphatic rings. The van der Waals surface area contributed by atoms with Gasteiger partial charge in [0.1, 0.15) is 5.78 Å². The maximum Gasteiger partial charge on any atom is 0.236 e. The van der Waals surface area contributed by atoms with Crippen LogP contribution in [0.1, 0.15) is 46.0 Å². The monoisotopic (exact) mass is 280 g/mol. The van der Waals surface area contributed by atoms with E-state index in [2.05, 4.69) is 18.7 Å². The molecule has 4 nitrogen and oxygen atoms in total. The summed E-state index contributed by atoms with van der Waals surface area (Å²) in [5.74, 6) is 2.06. The number of piperidine rings is 1. The fourth-order valence-electron chi connectivity index (χ4n) is 3.30. The van der Waals surface area contributed by atoms with Crippen LogP contribution in [0, 0.1) is 11.8 Å². The standard InChI is InChI=1S/C16H28N2O2/c1-13(2)14-4-3-8-17(9-5-14)12-16(20)18-10-6-15(19)7-11-18/h13-14H,3-12H2,1-2H3. The van der Waals surface area contributed by atoms with Gasteiger partial charge in [-0.2, -0.15) is 0 Å². The molecule has 4 heteroatoms. The van der Waals surface area contributed by atoms with Crippen molar-refractivity contribution in [3.63, 3.8) is 0 Å². The minimum Gasteiger partial charge on any atom is -0.341 e. The molecule has 2 heterocycles. The topological polar surface area (TPSA) is 40.6 Å². The summed E-state index contributed by atoms with van der Waals surface area (Å²) in [7, 11) is 0. The van der Waals surface area contributed by atoms with E-state index in [1.54, 1.807) is 0 Å². The number of rotatable bonds is 3. The van der Waals surface area contributed by atoms with Crippen LogP contribution in [0.4, 0.5) is 0 Å². The Hall–Kier alpha value is -0.900. The van der Waals surface area contributed by atoms with Gasteiger partial charge < -0.3 is 4.90 Å². The van der Waals surface area contributed by atoms with Crippen LogP contribution in [0.5, 0.6) is 0 Å². The summed E-state index contributed by atoms with van der Waals surface area (Å²) in [5.41, 5.74) is 0. The molecule has 0 N–H and O–H groups in total. The van der Waals surface area contributed by atoms with Crippen molar-refractivity contribution in [3.8, 4) is 0 Å². The molecular weight excluding hydrogens is 252 g/mol. The summed E-state index contributed by atoms with van der Waals surface area (Å²) >= 11 is 0. The Morgan fingerprint density at radius 3 is 2.50 bits per heavy atom. The Labute approximate surface area is 122 Å². The number of Topliss-reactive ketones (excluding diaryl/α,β-unsaturated/α-hetero) is 1. The number of carbonyl (C=O) groups is 2. The highest BCUT2D eigenvalue weighted by Crippen LogP contribution is 2.24. The number of ketones is 1. The van der Waals surface area contributed by atoms with E-state index >= 15 is 0 Å². The zero-order chi connectivity index (χ0) is 14.5. The third kappa shape index (κ3) is 4.30. The average Bonchev–Trinajstić information content (AvgIpc) is 2.65. The van der Waals surface area contributed by atoms with E-state index in [-0.39, 0.29) is 5.91 Å². The first-order chi connectivity index (χ1) is 9.56. The highest BCUT2D eigenvalue weighted by Gasteiger charge is 2.24. The first-order valence-corrected chi connectivity index (χ1v) is 8.08. The molecule has 0 bridgehead atoms. The lowest BCUT2D eigenvalue weighted by Crippen LogP contribution is -2.44. The van der Waals surface area contributed by atoms with Gasteiger partial charge in [-0.3, -0.25) is 14.5 Å². The molecule has 0 radical (unpaired) electrons. The molecule has 0 aliphatic carbocycles. The maximum atomic E-state index is 12.3. The normalized spacial score (nSPS) is 25.9. The van der Waals surface area contributed by atoms with E-state index in [0.29, 0.717) is 38.3 Å². The van der Waals surface area contributed by atoms with Crippen molar-refractivity contribution in [2.24, 2.45) is 11.8 Å². The van der Waals surface area contributed by atoms with Crippen molar-refractivity contribution in [2.45, 2.75) is 46.0 Å². The van der Waals surface area contributed by atoms with Crippen LogP contribution < -0.4 is 0 Å². The van der Waals surface area contributed by atoms with Crippen molar-refractivity contribution in [2.75, 3.05) is 32.7 Å². The molecule has 2 saturated heterocycles. The first-order valence-electron chi connectivity index (χ1n) is 8.08. The molecule has 1 unspecified atom stereocenters. The van der Waals surface area contributed by atoms with Crippen LogP contribution in [-0.4, -0.2) is 54.2 Å². The number of amides is 1. The number of likely N-dealkylation sites (tertiary alicyclic amines) is 2. The summed E-state index contributed by atoms with van der Waals surface area (Å²) < 4.78 is 0. The van der Waals surface area contributed by atoms with Crippen LogP contribution in [0.25, 0.3) is 0 Å². The smallest absolute Gasteiger partial charge is 0.236 e. The Kier molecular flexibility index (Phi) is 5.58. The fourth-order valence-corrected chi connectivity index (χ4v) is 3.30. The van der Waals surface area contributed by atoms with Crippen molar-refractivity contribution < 1.29 is 9.59 Å². The van der Waals surface area contributed by atoms with Gasteiger partial charge in [-0.15, -0.1) is 0 Å². The summed E-state index contributed by atoms with van der Waals surface area (Å²) in [6.07, 6.45) is 4.79. The minimum absolute atomic E-state index is 0.209. The van der Waals surface area contributed by atoms with Crippen molar-refractivity contribution in [1.82, 2.24) is 9.80 Å². The van der Waals surface area contributed by atoms with Gasteiger partial charge in [0.2, 0.25) is 5.91 Å². The molecule has 0 aromatic rings. The van der Waals surface area contributed by atoms with Crippen molar-refractivity contribution >= 4 is 11.7 Å². The second kappa shape index (κ2) is 7.21. The maximum absolute atomic E-state index is 12.3. The lowest BCUT2D eigenvalue weighted by molar-refractivity contribution is -0.135. The molecule has 2 rings (SSSR count). The fraction of sp³-hybridized carbons (Fsp3) is 0.875. The number of nitrogens with zero attached hydrogens (tertiary/aromatic N) is 2. The van der Waals surface area contributed by atoms with Gasteiger partial charge in [0, 0.05) is 25.9 Å². The molecule has 1 amide bonds. The zero-order valence-electron chi connectivity index (χ0n) is 12.9. The Morgan fingerprint density at radius 1 is 1.15 bits per heavy atom. The molecule has 0 saturated carbocycles. The third-order valence-electron chi connectivity index (χ3n) is 4.84. The molecule has 114 valence electrons. The Morgan fingerprint density at radius 2 is 1.85 bits per heavy atom.